The minimum absolute atomic E-state index is 0.124. The van der Waals surface area contributed by atoms with Gasteiger partial charge in [-0.1, -0.05) is 38.1 Å². The lowest BCUT2D eigenvalue weighted by Gasteiger charge is -2.41. The number of carbonyl (C=O) groups excluding carboxylic acids is 1. The van der Waals surface area contributed by atoms with Crippen LogP contribution in [0.25, 0.3) is 0 Å². The topological polar surface area (TPSA) is 41.4 Å². The molecule has 1 amide bonds. The molecule has 1 aromatic carbocycles. The number of nitrogens with zero attached hydrogens (tertiary/aromatic N) is 4. The molecular formula is C23H32N4O. The van der Waals surface area contributed by atoms with Crippen molar-refractivity contribution in [1.29, 1.82) is 0 Å². The number of aryl methyl sites for hydroxylation is 2. The molecule has 0 bridgehead atoms. The Morgan fingerprint density at radius 3 is 2.57 bits per heavy atom. The second-order valence-corrected chi connectivity index (χ2v) is 8.74. The SMILES string of the molecule is CC(C)Cc1cc(C(=O)N2CCN([C@H]3CCc4ccccc4C3)CC2)n(C)n1. The number of carbonyl (C=O) groups is 1. The molecule has 2 aliphatic rings. The van der Waals surface area contributed by atoms with Crippen LogP contribution >= 0.6 is 0 Å². The van der Waals surface area contributed by atoms with Gasteiger partial charge >= 0.3 is 0 Å². The van der Waals surface area contributed by atoms with Crippen molar-refractivity contribution in [3.63, 3.8) is 0 Å². The maximum Gasteiger partial charge on any atom is 0.272 e. The number of benzene rings is 1. The fourth-order valence-corrected chi connectivity index (χ4v) is 4.69. The van der Waals surface area contributed by atoms with Gasteiger partial charge in [-0.25, -0.2) is 0 Å². The average molecular weight is 381 g/mol. The number of fused-ring (bicyclic) bond motifs is 1. The molecule has 28 heavy (non-hydrogen) atoms. The van der Waals surface area contributed by atoms with Crippen LogP contribution in [-0.4, -0.2) is 57.7 Å². The van der Waals surface area contributed by atoms with Crippen molar-refractivity contribution < 1.29 is 4.79 Å². The molecule has 4 rings (SSSR count). The van der Waals surface area contributed by atoms with Gasteiger partial charge in [-0.05, 0) is 48.8 Å². The molecule has 0 saturated carbocycles. The Morgan fingerprint density at radius 2 is 1.86 bits per heavy atom. The minimum Gasteiger partial charge on any atom is -0.335 e. The molecule has 0 N–H and O–H groups in total. The van der Waals surface area contributed by atoms with Crippen molar-refractivity contribution in [2.45, 2.75) is 45.6 Å². The summed E-state index contributed by atoms with van der Waals surface area (Å²) >= 11 is 0. The summed E-state index contributed by atoms with van der Waals surface area (Å²) in [6.07, 6.45) is 4.46. The van der Waals surface area contributed by atoms with Gasteiger partial charge in [0.25, 0.3) is 5.91 Å². The normalized spacial score (nSPS) is 20.4. The smallest absolute Gasteiger partial charge is 0.272 e. The Morgan fingerprint density at radius 1 is 1.14 bits per heavy atom. The number of hydrogen-bond acceptors (Lipinski definition) is 3. The second-order valence-electron chi connectivity index (χ2n) is 8.74. The molecule has 0 radical (unpaired) electrons. The van der Waals surface area contributed by atoms with E-state index >= 15 is 0 Å². The van der Waals surface area contributed by atoms with E-state index in [0.717, 1.165) is 50.4 Å². The molecule has 1 saturated heterocycles. The maximum absolute atomic E-state index is 13.0. The Balaban J connectivity index is 1.35. The zero-order valence-corrected chi connectivity index (χ0v) is 17.4. The van der Waals surface area contributed by atoms with Gasteiger partial charge in [-0.15, -0.1) is 0 Å². The third-order valence-electron chi connectivity index (χ3n) is 6.21. The van der Waals surface area contributed by atoms with Crippen molar-refractivity contribution in [1.82, 2.24) is 19.6 Å². The van der Waals surface area contributed by atoms with E-state index in [-0.39, 0.29) is 5.91 Å². The van der Waals surface area contributed by atoms with E-state index < -0.39 is 0 Å². The number of amides is 1. The number of piperazine rings is 1. The van der Waals surface area contributed by atoms with Crippen LogP contribution in [0.2, 0.25) is 0 Å². The number of hydrogen-bond donors (Lipinski definition) is 0. The third kappa shape index (κ3) is 4.00. The Kier molecular flexibility index (Phi) is 5.54. The Bertz CT molecular complexity index is 833. The molecule has 0 spiro atoms. The van der Waals surface area contributed by atoms with Crippen LogP contribution in [0.3, 0.4) is 0 Å². The molecule has 1 aliphatic heterocycles. The predicted molar refractivity (Wildman–Crippen MR) is 111 cm³/mol. The summed E-state index contributed by atoms with van der Waals surface area (Å²) in [5, 5.41) is 4.54. The zero-order chi connectivity index (χ0) is 19.7. The standard InChI is InChI=1S/C23H32N4O/c1-17(2)14-20-16-22(25(3)24-20)23(28)27-12-10-26(11-13-27)21-9-8-18-6-4-5-7-19(18)15-21/h4-7,16-17,21H,8-15H2,1-3H3/t21-/m0/s1. The first kappa shape index (κ1) is 19.2. The average Bonchev–Trinajstić information content (AvgIpc) is 3.06. The number of rotatable bonds is 4. The van der Waals surface area contributed by atoms with E-state index in [1.807, 2.05) is 18.0 Å². The van der Waals surface area contributed by atoms with Crippen LogP contribution in [0, 0.1) is 5.92 Å². The quantitative estimate of drug-likeness (QED) is 0.819. The van der Waals surface area contributed by atoms with Crippen LogP contribution in [0.4, 0.5) is 0 Å². The van der Waals surface area contributed by atoms with Crippen molar-refractivity contribution in [2.24, 2.45) is 13.0 Å². The molecule has 2 aromatic rings. The Labute approximate surface area is 168 Å². The van der Waals surface area contributed by atoms with Gasteiger partial charge in [0.15, 0.2) is 0 Å². The second kappa shape index (κ2) is 8.08. The van der Waals surface area contributed by atoms with Gasteiger partial charge in [-0.2, -0.15) is 5.10 Å². The summed E-state index contributed by atoms with van der Waals surface area (Å²) in [6, 6.07) is 11.4. The molecule has 1 fully saturated rings. The van der Waals surface area contributed by atoms with Gasteiger partial charge in [0.2, 0.25) is 0 Å². The van der Waals surface area contributed by atoms with E-state index in [4.69, 9.17) is 0 Å². The van der Waals surface area contributed by atoms with E-state index in [9.17, 15) is 4.79 Å². The summed E-state index contributed by atoms with van der Waals surface area (Å²) in [6.45, 7) is 7.91. The lowest BCUT2D eigenvalue weighted by molar-refractivity contribution is 0.0543. The molecule has 1 atom stereocenters. The summed E-state index contributed by atoms with van der Waals surface area (Å²) in [7, 11) is 1.88. The van der Waals surface area contributed by atoms with E-state index in [1.54, 1.807) is 4.68 Å². The molecule has 0 unspecified atom stereocenters. The first-order valence-electron chi connectivity index (χ1n) is 10.6. The van der Waals surface area contributed by atoms with Gasteiger partial charge in [0.1, 0.15) is 5.69 Å². The highest BCUT2D eigenvalue weighted by atomic mass is 16.2. The predicted octanol–water partition coefficient (Wildman–Crippen LogP) is 2.93. The van der Waals surface area contributed by atoms with Gasteiger partial charge < -0.3 is 4.90 Å². The summed E-state index contributed by atoms with van der Waals surface area (Å²) in [4.78, 5) is 17.6. The third-order valence-corrected chi connectivity index (χ3v) is 6.21. The molecule has 2 heterocycles. The van der Waals surface area contributed by atoms with Crippen LogP contribution in [0.5, 0.6) is 0 Å². The Hall–Kier alpha value is -2.14. The fraction of sp³-hybridized carbons (Fsp3) is 0.565. The van der Waals surface area contributed by atoms with Gasteiger partial charge in [-0.3, -0.25) is 14.4 Å². The molecule has 1 aromatic heterocycles. The molecule has 5 nitrogen and oxygen atoms in total. The van der Waals surface area contributed by atoms with E-state index in [2.05, 4.69) is 48.1 Å². The van der Waals surface area contributed by atoms with Crippen LogP contribution in [0.15, 0.2) is 30.3 Å². The zero-order valence-electron chi connectivity index (χ0n) is 17.4. The number of aromatic nitrogens is 2. The van der Waals surface area contributed by atoms with Crippen LogP contribution in [-0.2, 0) is 26.3 Å². The first-order valence-corrected chi connectivity index (χ1v) is 10.6. The first-order chi connectivity index (χ1) is 13.5. The van der Waals surface area contributed by atoms with E-state index in [0.29, 0.717) is 12.0 Å². The van der Waals surface area contributed by atoms with E-state index in [1.165, 1.54) is 24.0 Å². The van der Waals surface area contributed by atoms with Crippen molar-refractivity contribution in [3.05, 3.63) is 52.8 Å². The fourth-order valence-electron chi connectivity index (χ4n) is 4.69. The molecule has 150 valence electrons. The lowest BCUT2D eigenvalue weighted by atomic mass is 9.87. The van der Waals surface area contributed by atoms with Gasteiger partial charge in [0, 0.05) is 39.3 Å². The van der Waals surface area contributed by atoms with Crippen LogP contribution < -0.4 is 0 Å². The largest absolute Gasteiger partial charge is 0.335 e. The highest BCUT2D eigenvalue weighted by Gasteiger charge is 2.30. The maximum atomic E-state index is 13.0. The highest BCUT2D eigenvalue weighted by molar-refractivity contribution is 5.92. The summed E-state index contributed by atoms with van der Waals surface area (Å²) < 4.78 is 1.75. The van der Waals surface area contributed by atoms with Crippen molar-refractivity contribution >= 4 is 5.91 Å². The monoisotopic (exact) mass is 380 g/mol. The lowest BCUT2D eigenvalue weighted by Crippen LogP contribution is -2.53. The van der Waals surface area contributed by atoms with Crippen LogP contribution in [0.1, 0.15) is 47.6 Å². The van der Waals surface area contributed by atoms with Crippen molar-refractivity contribution in [3.8, 4) is 0 Å². The van der Waals surface area contributed by atoms with Gasteiger partial charge in [0.05, 0.1) is 5.69 Å². The summed E-state index contributed by atoms with van der Waals surface area (Å²) in [5.74, 6) is 0.667. The highest BCUT2D eigenvalue weighted by Crippen LogP contribution is 2.25. The molecule has 1 aliphatic carbocycles. The minimum atomic E-state index is 0.124. The molecular weight excluding hydrogens is 348 g/mol. The van der Waals surface area contributed by atoms with Crippen molar-refractivity contribution in [2.75, 3.05) is 26.2 Å². The molecule has 5 heteroatoms. The summed E-state index contributed by atoms with van der Waals surface area (Å²) in [5.41, 5.74) is 4.75.